The average molecular weight is 182 g/mol. The van der Waals surface area contributed by atoms with Gasteiger partial charge in [0, 0.05) is 16.2 Å². The normalized spacial score (nSPS) is 20.8. The summed E-state index contributed by atoms with van der Waals surface area (Å²) in [4.78, 5) is 11.6. The number of azo groups is 1. The van der Waals surface area contributed by atoms with E-state index >= 15 is 0 Å². The number of fused-ring (bicyclic) bond motifs is 1. The van der Waals surface area contributed by atoms with Gasteiger partial charge < -0.3 is 5.11 Å². The Morgan fingerprint density at radius 2 is 2.50 bits per heavy atom. The van der Waals surface area contributed by atoms with Crippen LogP contribution in [0.1, 0.15) is 0 Å². The van der Waals surface area contributed by atoms with Crippen LogP contribution in [0.15, 0.2) is 32.5 Å². The van der Waals surface area contributed by atoms with Gasteiger partial charge in [0.05, 0.1) is 18.3 Å². The van der Waals surface area contributed by atoms with E-state index in [2.05, 4.69) is 10.2 Å². The number of aliphatic carboxylic acids is 1. The van der Waals surface area contributed by atoms with Gasteiger partial charge in [0.25, 0.3) is 0 Å². The summed E-state index contributed by atoms with van der Waals surface area (Å²) in [5.41, 5.74) is 1.31. The van der Waals surface area contributed by atoms with E-state index in [0.717, 1.165) is 10.5 Å². The third-order valence-corrected chi connectivity index (χ3v) is 2.87. The van der Waals surface area contributed by atoms with Gasteiger partial charge in [0.1, 0.15) is 0 Å². The van der Waals surface area contributed by atoms with Gasteiger partial charge in [-0.1, -0.05) is 0 Å². The molecule has 2 rings (SSSR count). The van der Waals surface area contributed by atoms with Gasteiger partial charge in [0.2, 0.25) is 0 Å². The van der Waals surface area contributed by atoms with Crippen LogP contribution in [0, 0.1) is 0 Å². The van der Waals surface area contributed by atoms with E-state index in [1.807, 2.05) is 0 Å². The molecule has 12 heavy (non-hydrogen) atoms. The number of hydrogen-bond acceptors (Lipinski definition) is 4. The SMILES string of the molecule is O=C(O)C1=C2CN=NC=C2SC1. The molecular weight excluding hydrogens is 176 g/mol. The first-order valence-corrected chi connectivity index (χ1v) is 4.43. The minimum absolute atomic E-state index is 0.417. The second kappa shape index (κ2) is 2.75. The molecule has 0 aromatic carbocycles. The van der Waals surface area contributed by atoms with Crippen LogP contribution < -0.4 is 0 Å². The highest BCUT2D eigenvalue weighted by atomic mass is 32.2. The molecule has 0 aromatic rings. The standard InChI is InChI=1S/C7H6N2O2S/c10-7(11)5-3-12-6-2-9-8-1-4(5)6/h2H,1,3H2,(H,10,11). The molecule has 2 heterocycles. The maximum atomic E-state index is 10.7. The zero-order valence-electron chi connectivity index (χ0n) is 6.15. The Kier molecular flexibility index (Phi) is 1.73. The van der Waals surface area contributed by atoms with Crippen molar-refractivity contribution in [2.75, 3.05) is 12.3 Å². The smallest absolute Gasteiger partial charge is 0.332 e. The van der Waals surface area contributed by atoms with Gasteiger partial charge >= 0.3 is 5.97 Å². The fourth-order valence-corrected chi connectivity index (χ4v) is 2.24. The maximum Gasteiger partial charge on any atom is 0.332 e. The Balaban J connectivity index is 2.42. The Morgan fingerprint density at radius 3 is 3.25 bits per heavy atom. The average Bonchev–Trinajstić information content (AvgIpc) is 2.47. The number of rotatable bonds is 1. The summed E-state index contributed by atoms with van der Waals surface area (Å²) >= 11 is 1.52. The fourth-order valence-electron chi connectivity index (χ4n) is 1.16. The lowest BCUT2D eigenvalue weighted by Gasteiger charge is -2.03. The summed E-state index contributed by atoms with van der Waals surface area (Å²) in [6.45, 7) is 0.417. The number of carboxylic acids is 1. The number of carbonyl (C=O) groups is 1. The molecule has 0 atom stereocenters. The van der Waals surface area contributed by atoms with Gasteiger partial charge in [-0.2, -0.15) is 10.2 Å². The van der Waals surface area contributed by atoms with Crippen molar-refractivity contribution in [2.45, 2.75) is 0 Å². The molecule has 0 unspecified atom stereocenters. The lowest BCUT2D eigenvalue weighted by molar-refractivity contribution is -0.132. The third-order valence-electron chi connectivity index (χ3n) is 1.78. The van der Waals surface area contributed by atoms with Crippen LogP contribution in [0.2, 0.25) is 0 Å². The molecule has 0 spiro atoms. The highest BCUT2D eigenvalue weighted by Gasteiger charge is 2.26. The van der Waals surface area contributed by atoms with Crippen molar-refractivity contribution in [3.05, 3.63) is 22.3 Å². The first-order chi connectivity index (χ1) is 5.79. The molecule has 0 aromatic heterocycles. The quantitative estimate of drug-likeness (QED) is 0.667. The summed E-state index contributed by atoms with van der Waals surface area (Å²) in [6.07, 6.45) is 1.62. The van der Waals surface area contributed by atoms with E-state index in [0.29, 0.717) is 17.9 Å². The molecule has 0 saturated heterocycles. The van der Waals surface area contributed by atoms with Crippen LogP contribution in [0.5, 0.6) is 0 Å². The minimum Gasteiger partial charge on any atom is -0.478 e. The number of carboxylic acid groups (broad SMARTS) is 1. The summed E-state index contributed by atoms with van der Waals surface area (Å²) < 4.78 is 0. The lowest BCUT2D eigenvalue weighted by atomic mass is 10.1. The van der Waals surface area contributed by atoms with Crippen LogP contribution in [0.3, 0.4) is 0 Å². The summed E-state index contributed by atoms with van der Waals surface area (Å²) in [7, 11) is 0. The highest BCUT2D eigenvalue weighted by Crippen LogP contribution is 2.37. The predicted molar refractivity (Wildman–Crippen MR) is 44.9 cm³/mol. The van der Waals surface area contributed by atoms with Crippen LogP contribution in [0.25, 0.3) is 0 Å². The van der Waals surface area contributed by atoms with Crippen LogP contribution in [0.4, 0.5) is 0 Å². The molecule has 2 aliphatic rings. The van der Waals surface area contributed by atoms with Crippen molar-refractivity contribution in [1.82, 2.24) is 0 Å². The molecule has 0 bridgehead atoms. The van der Waals surface area contributed by atoms with Gasteiger partial charge in [-0.15, -0.1) is 11.8 Å². The fraction of sp³-hybridized carbons (Fsp3) is 0.286. The molecule has 1 N–H and O–H groups in total. The number of nitrogens with zero attached hydrogens (tertiary/aromatic N) is 2. The molecule has 0 aliphatic carbocycles. The van der Waals surface area contributed by atoms with E-state index in [4.69, 9.17) is 5.11 Å². The highest BCUT2D eigenvalue weighted by molar-refractivity contribution is 8.03. The molecule has 5 heteroatoms. The van der Waals surface area contributed by atoms with Crippen molar-refractivity contribution in [2.24, 2.45) is 10.2 Å². The van der Waals surface area contributed by atoms with Gasteiger partial charge in [-0.3, -0.25) is 0 Å². The van der Waals surface area contributed by atoms with E-state index in [-0.39, 0.29) is 0 Å². The van der Waals surface area contributed by atoms with Gasteiger partial charge in [-0.25, -0.2) is 4.79 Å². The monoisotopic (exact) mass is 182 g/mol. The van der Waals surface area contributed by atoms with Crippen molar-refractivity contribution < 1.29 is 9.90 Å². The first-order valence-electron chi connectivity index (χ1n) is 3.44. The van der Waals surface area contributed by atoms with Crippen molar-refractivity contribution in [3.8, 4) is 0 Å². The van der Waals surface area contributed by atoms with Crippen LogP contribution >= 0.6 is 11.8 Å². The largest absolute Gasteiger partial charge is 0.478 e. The Morgan fingerprint density at radius 1 is 1.67 bits per heavy atom. The van der Waals surface area contributed by atoms with E-state index in [9.17, 15) is 4.79 Å². The van der Waals surface area contributed by atoms with Gasteiger partial charge in [0.15, 0.2) is 0 Å². The number of hydrogen-bond donors (Lipinski definition) is 1. The molecule has 0 amide bonds. The van der Waals surface area contributed by atoms with Crippen molar-refractivity contribution in [3.63, 3.8) is 0 Å². The summed E-state index contributed by atoms with van der Waals surface area (Å²) in [6, 6.07) is 0. The molecular formula is C7H6N2O2S. The van der Waals surface area contributed by atoms with Crippen LogP contribution in [-0.4, -0.2) is 23.4 Å². The van der Waals surface area contributed by atoms with E-state index in [1.165, 1.54) is 11.8 Å². The number of thioether (sulfide) groups is 1. The molecule has 4 nitrogen and oxygen atoms in total. The molecule has 0 saturated carbocycles. The van der Waals surface area contributed by atoms with Gasteiger partial charge in [-0.05, 0) is 0 Å². The maximum absolute atomic E-state index is 10.7. The van der Waals surface area contributed by atoms with Crippen LogP contribution in [-0.2, 0) is 4.79 Å². The van der Waals surface area contributed by atoms with Crippen molar-refractivity contribution >= 4 is 17.7 Å². The summed E-state index contributed by atoms with van der Waals surface area (Å²) in [5.74, 6) is -0.292. The predicted octanol–water partition coefficient (Wildman–Crippen LogP) is 1.42. The Hall–Kier alpha value is -1.10. The lowest BCUT2D eigenvalue weighted by Crippen LogP contribution is -2.04. The third kappa shape index (κ3) is 1.06. The van der Waals surface area contributed by atoms with E-state index in [1.54, 1.807) is 6.20 Å². The van der Waals surface area contributed by atoms with Crippen molar-refractivity contribution in [1.29, 1.82) is 0 Å². The second-order valence-corrected chi connectivity index (χ2v) is 3.48. The molecule has 2 aliphatic heterocycles. The first kappa shape index (κ1) is 7.54. The minimum atomic E-state index is -0.835. The summed E-state index contributed by atoms with van der Waals surface area (Å²) in [5, 5.41) is 16.3. The Labute approximate surface area is 73.1 Å². The van der Waals surface area contributed by atoms with E-state index < -0.39 is 5.97 Å². The molecule has 0 radical (unpaired) electrons. The molecule has 0 fully saturated rings. The zero-order chi connectivity index (χ0) is 8.55. The second-order valence-electron chi connectivity index (χ2n) is 2.46. The Bertz CT molecular complexity index is 330. The molecule has 62 valence electrons. The zero-order valence-corrected chi connectivity index (χ0v) is 6.97. The topological polar surface area (TPSA) is 62.0 Å².